The van der Waals surface area contributed by atoms with Crippen LogP contribution < -0.4 is 5.43 Å². The molecule has 0 saturated carbocycles. The van der Waals surface area contributed by atoms with Gasteiger partial charge in [-0.1, -0.05) is 11.6 Å². The summed E-state index contributed by atoms with van der Waals surface area (Å²) in [4.78, 5) is 36.1. The van der Waals surface area contributed by atoms with E-state index in [9.17, 15) is 27.6 Å². The fourth-order valence-electron chi connectivity index (χ4n) is 1.90. The number of rotatable bonds is 2. The molecule has 116 valence electrons. The molecule has 6 nitrogen and oxygen atoms in total. The lowest BCUT2D eigenvalue weighted by Crippen LogP contribution is -2.23. The van der Waals surface area contributed by atoms with Gasteiger partial charge in [-0.05, 0) is 12.1 Å². The largest absolute Gasteiger partial charge is 0.477 e. The number of nitrogens with one attached hydrogen (secondary N) is 1. The van der Waals surface area contributed by atoms with Gasteiger partial charge in [0.2, 0.25) is 5.43 Å². The number of hydrogen-bond donors (Lipinski definition) is 3. The first-order chi connectivity index (χ1) is 10.0. The maximum absolute atomic E-state index is 12.7. The molecule has 1 aromatic carbocycles. The van der Waals surface area contributed by atoms with Crippen LogP contribution in [0.25, 0.3) is 10.9 Å². The van der Waals surface area contributed by atoms with Crippen molar-refractivity contribution in [3.05, 3.63) is 44.2 Å². The Kier molecular flexibility index (Phi) is 3.61. The number of aromatic amines is 1. The molecule has 1 aromatic heterocycles. The van der Waals surface area contributed by atoms with Crippen molar-refractivity contribution in [1.82, 2.24) is 4.98 Å². The van der Waals surface area contributed by atoms with E-state index in [1.165, 1.54) is 0 Å². The van der Waals surface area contributed by atoms with Crippen molar-refractivity contribution in [3.8, 4) is 0 Å². The van der Waals surface area contributed by atoms with E-state index in [0.29, 0.717) is 12.1 Å². The van der Waals surface area contributed by atoms with Crippen LogP contribution in [0.4, 0.5) is 13.2 Å². The first-order valence-electron chi connectivity index (χ1n) is 5.47. The molecule has 3 N–H and O–H groups in total. The molecule has 0 spiro atoms. The number of benzene rings is 1. The summed E-state index contributed by atoms with van der Waals surface area (Å²) in [7, 11) is 0. The summed E-state index contributed by atoms with van der Waals surface area (Å²) in [6, 6.07) is 0.950. The second kappa shape index (κ2) is 5.02. The number of aromatic nitrogens is 1. The molecule has 0 amide bonds. The average molecular weight is 336 g/mol. The van der Waals surface area contributed by atoms with Gasteiger partial charge in [0.05, 0.1) is 21.5 Å². The van der Waals surface area contributed by atoms with E-state index in [0.717, 1.165) is 0 Å². The van der Waals surface area contributed by atoms with Crippen LogP contribution in [0, 0.1) is 0 Å². The Morgan fingerprint density at radius 2 is 1.73 bits per heavy atom. The van der Waals surface area contributed by atoms with E-state index in [2.05, 4.69) is 0 Å². The quantitative estimate of drug-likeness (QED) is 0.782. The summed E-state index contributed by atoms with van der Waals surface area (Å²) in [5.74, 6) is -3.64. The summed E-state index contributed by atoms with van der Waals surface area (Å²) in [6.45, 7) is 0. The molecular weight excluding hydrogens is 331 g/mol. The van der Waals surface area contributed by atoms with Gasteiger partial charge in [-0.25, -0.2) is 9.59 Å². The van der Waals surface area contributed by atoms with Crippen LogP contribution >= 0.6 is 11.6 Å². The average Bonchev–Trinajstić information content (AvgIpc) is 2.35. The molecule has 0 radical (unpaired) electrons. The molecule has 2 rings (SSSR count). The third-order valence-electron chi connectivity index (χ3n) is 2.81. The van der Waals surface area contributed by atoms with Gasteiger partial charge >= 0.3 is 18.1 Å². The predicted molar refractivity (Wildman–Crippen MR) is 68.5 cm³/mol. The topological polar surface area (TPSA) is 107 Å². The van der Waals surface area contributed by atoms with Gasteiger partial charge in [0, 0.05) is 0 Å². The van der Waals surface area contributed by atoms with Crippen LogP contribution in [0.1, 0.15) is 26.4 Å². The molecule has 0 aliphatic heterocycles. The van der Waals surface area contributed by atoms with E-state index < -0.39 is 56.3 Å². The van der Waals surface area contributed by atoms with Gasteiger partial charge in [0.25, 0.3) is 0 Å². The lowest BCUT2D eigenvalue weighted by molar-refractivity contribution is -0.137. The minimum Gasteiger partial charge on any atom is -0.477 e. The third kappa shape index (κ3) is 2.50. The molecule has 10 heteroatoms. The van der Waals surface area contributed by atoms with Crippen molar-refractivity contribution < 1.29 is 33.0 Å². The first kappa shape index (κ1) is 15.8. The zero-order valence-corrected chi connectivity index (χ0v) is 11.0. The van der Waals surface area contributed by atoms with E-state index in [-0.39, 0.29) is 0 Å². The van der Waals surface area contributed by atoms with Crippen molar-refractivity contribution in [2.45, 2.75) is 6.18 Å². The minimum atomic E-state index is -4.77. The van der Waals surface area contributed by atoms with Crippen molar-refractivity contribution in [3.63, 3.8) is 0 Å². The van der Waals surface area contributed by atoms with Gasteiger partial charge in [0.15, 0.2) is 0 Å². The van der Waals surface area contributed by atoms with Crippen LogP contribution in [0.3, 0.4) is 0 Å². The molecule has 0 bridgehead atoms. The zero-order valence-electron chi connectivity index (χ0n) is 10.3. The number of halogens is 4. The standard InChI is InChI=1S/C12H5ClF3NO5/c13-4-1-3(12(14,15)16)2-5-6(4)9(18)7(10(19)20)8(17-5)11(21)22/h1-2H,(H,17,18)(H,19,20)(H,21,22). The Hall–Kier alpha value is -2.55. The Bertz CT molecular complexity index is 872. The van der Waals surface area contributed by atoms with Gasteiger partial charge in [-0.3, -0.25) is 4.79 Å². The number of carboxylic acids is 2. The highest BCUT2D eigenvalue weighted by Gasteiger charge is 2.32. The highest BCUT2D eigenvalue weighted by Crippen LogP contribution is 2.34. The number of hydrogen-bond acceptors (Lipinski definition) is 3. The molecule has 0 atom stereocenters. The van der Waals surface area contributed by atoms with Gasteiger partial charge in [-0.15, -0.1) is 0 Å². The molecule has 0 aliphatic rings. The van der Waals surface area contributed by atoms with Gasteiger partial charge in [0.1, 0.15) is 11.3 Å². The number of alkyl halides is 3. The number of pyridine rings is 1. The fraction of sp³-hybridized carbons (Fsp3) is 0.0833. The summed E-state index contributed by atoms with van der Waals surface area (Å²) >= 11 is 5.62. The van der Waals surface area contributed by atoms with E-state index >= 15 is 0 Å². The van der Waals surface area contributed by atoms with E-state index in [1.807, 2.05) is 4.98 Å². The highest BCUT2D eigenvalue weighted by molar-refractivity contribution is 6.35. The summed E-state index contributed by atoms with van der Waals surface area (Å²) in [5.41, 5.74) is -5.15. The van der Waals surface area contributed by atoms with Crippen LogP contribution in [0.2, 0.25) is 5.02 Å². The van der Waals surface area contributed by atoms with Crippen molar-refractivity contribution in [2.75, 3.05) is 0 Å². The van der Waals surface area contributed by atoms with E-state index in [1.54, 1.807) is 0 Å². The zero-order chi connectivity index (χ0) is 16.8. The summed E-state index contributed by atoms with van der Waals surface area (Å²) in [5, 5.41) is 16.7. The second-order valence-electron chi connectivity index (χ2n) is 4.19. The van der Waals surface area contributed by atoms with Gasteiger partial charge in [-0.2, -0.15) is 13.2 Å². The fourth-order valence-corrected chi connectivity index (χ4v) is 2.21. The van der Waals surface area contributed by atoms with Crippen LogP contribution in [0.5, 0.6) is 0 Å². The molecule has 0 saturated heterocycles. The molecular formula is C12H5ClF3NO5. The Morgan fingerprint density at radius 1 is 1.14 bits per heavy atom. The number of fused-ring (bicyclic) bond motifs is 1. The molecule has 22 heavy (non-hydrogen) atoms. The highest BCUT2D eigenvalue weighted by atomic mass is 35.5. The Labute approximate surface area is 123 Å². The number of aromatic carboxylic acids is 2. The normalized spacial score (nSPS) is 11.6. The van der Waals surface area contributed by atoms with Gasteiger partial charge < -0.3 is 15.2 Å². The Morgan fingerprint density at radius 3 is 2.18 bits per heavy atom. The number of H-pyrrole nitrogens is 1. The van der Waals surface area contributed by atoms with Crippen molar-refractivity contribution in [1.29, 1.82) is 0 Å². The Balaban J connectivity index is 3.00. The lowest BCUT2D eigenvalue weighted by Gasteiger charge is -2.11. The lowest BCUT2D eigenvalue weighted by atomic mass is 10.1. The van der Waals surface area contributed by atoms with Crippen LogP contribution in [-0.4, -0.2) is 27.1 Å². The predicted octanol–water partition coefficient (Wildman–Crippen LogP) is 2.60. The first-order valence-corrected chi connectivity index (χ1v) is 5.85. The smallest absolute Gasteiger partial charge is 0.416 e. The minimum absolute atomic E-state index is 0.463. The van der Waals surface area contributed by atoms with Crippen LogP contribution in [-0.2, 0) is 6.18 Å². The molecule has 0 fully saturated rings. The molecule has 1 heterocycles. The van der Waals surface area contributed by atoms with Crippen LogP contribution in [0.15, 0.2) is 16.9 Å². The SMILES string of the molecule is O=C(O)c1[nH]c2cc(C(F)(F)F)cc(Cl)c2c(=O)c1C(=O)O. The van der Waals surface area contributed by atoms with E-state index in [4.69, 9.17) is 21.8 Å². The maximum Gasteiger partial charge on any atom is 0.416 e. The molecule has 0 unspecified atom stereocenters. The monoisotopic (exact) mass is 335 g/mol. The molecule has 2 aromatic rings. The summed E-state index contributed by atoms with van der Waals surface area (Å²) < 4.78 is 38.1. The second-order valence-corrected chi connectivity index (χ2v) is 4.60. The maximum atomic E-state index is 12.7. The third-order valence-corrected chi connectivity index (χ3v) is 3.11. The van der Waals surface area contributed by atoms with Crippen molar-refractivity contribution in [2.24, 2.45) is 0 Å². The number of carbonyl (C=O) groups is 2. The molecule has 0 aliphatic carbocycles. The summed E-state index contributed by atoms with van der Waals surface area (Å²) in [6.07, 6.45) is -4.77. The van der Waals surface area contributed by atoms with Crippen molar-refractivity contribution >= 4 is 34.4 Å². The number of carboxylic acid groups (broad SMARTS) is 2.